The summed E-state index contributed by atoms with van der Waals surface area (Å²) in [6, 6.07) is 5.90. The van der Waals surface area contributed by atoms with E-state index in [1.54, 1.807) is 11.3 Å². The second-order valence-electron chi connectivity index (χ2n) is 3.68. The molecule has 2 heterocycles. The Bertz CT molecular complexity index is 674. The molecule has 0 aliphatic carbocycles. The van der Waals surface area contributed by atoms with Gasteiger partial charge in [-0.25, -0.2) is 9.97 Å². The van der Waals surface area contributed by atoms with Crippen LogP contribution in [-0.4, -0.2) is 9.97 Å². The summed E-state index contributed by atoms with van der Waals surface area (Å²) < 4.78 is 5.50. The SMILES string of the molecule is Cc1nc2ccc(-c3csc(CCl)n3)cc2o1. The molecule has 0 unspecified atom stereocenters. The van der Waals surface area contributed by atoms with Crippen LogP contribution in [0.5, 0.6) is 0 Å². The molecule has 0 radical (unpaired) electrons. The average Bonchev–Trinajstić information content (AvgIpc) is 2.92. The summed E-state index contributed by atoms with van der Waals surface area (Å²) in [6.45, 7) is 1.84. The molecular weight excluding hydrogens is 256 g/mol. The maximum absolute atomic E-state index is 5.75. The van der Waals surface area contributed by atoms with E-state index in [2.05, 4.69) is 9.97 Å². The van der Waals surface area contributed by atoms with Crippen LogP contribution in [0.25, 0.3) is 22.4 Å². The van der Waals surface area contributed by atoms with Gasteiger partial charge >= 0.3 is 0 Å². The third-order valence-electron chi connectivity index (χ3n) is 2.46. The molecule has 2 aromatic heterocycles. The fraction of sp³-hybridized carbons (Fsp3) is 0.167. The van der Waals surface area contributed by atoms with Gasteiger partial charge in [-0.15, -0.1) is 22.9 Å². The lowest BCUT2D eigenvalue weighted by molar-refractivity contribution is 0.561. The maximum Gasteiger partial charge on any atom is 0.192 e. The molecule has 3 nitrogen and oxygen atoms in total. The van der Waals surface area contributed by atoms with Crippen LogP contribution in [0.15, 0.2) is 28.0 Å². The van der Waals surface area contributed by atoms with Crippen LogP contribution in [0.3, 0.4) is 0 Å². The number of aromatic nitrogens is 2. The van der Waals surface area contributed by atoms with Crippen molar-refractivity contribution in [2.75, 3.05) is 0 Å². The van der Waals surface area contributed by atoms with E-state index in [4.69, 9.17) is 16.0 Å². The summed E-state index contributed by atoms with van der Waals surface area (Å²) >= 11 is 7.31. The van der Waals surface area contributed by atoms with E-state index in [1.807, 2.05) is 30.5 Å². The van der Waals surface area contributed by atoms with Gasteiger partial charge in [0.2, 0.25) is 0 Å². The second-order valence-corrected chi connectivity index (χ2v) is 4.89. The fourth-order valence-corrected chi connectivity index (χ4v) is 2.60. The monoisotopic (exact) mass is 264 g/mol. The van der Waals surface area contributed by atoms with Gasteiger partial charge in [0, 0.05) is 17.9 Å². The predicted molar refractivity (Wildman–Crippen MR) is 69.4 cm³/mol. The van der Waals surface area contributed by atoms with Crippen LogP contribution < -0.4 is 0 Å². The number of rotatable bonds is 2. The number of fused-ring (bicyclic) bond motifs is 1. The van der Waals surface area contributed by atoms with E-state index in [0.717, 1.165) is 27.4 Å². The van der Waals surface area contributed by atoms with Crippen LogP contribution in [0, 0.1) is 6.92 Å². The molecular formula is C12H9ClN2OS. The van der Waals surface area contributed by atoms with Crippen LogP contribution in [-0.2, 0) is 5.88 Å². The lowest BCUT2D eigenvalue weighted by Gasteiger charge is -1.95. The quantitative estimate of drug-likeness (QED) is 0.657. The van der Waals surface area contributed by atoms with Crippen molar-refractivity contribution in [2.45, 2.75) is 12.8 Å². The Morgan fingerprint density at radius 1 is 1.35 bits per heavy atom. The lowest BCUT2D eigenvalue weighted by Crippen LogP contribution is -1.79. The molecule has 0 amide bonds. The first-order valence-corrected chi connectivity index (χ1v) is 6.55. The summed E-state index contributed by atoms with van der Waals surface area (Å²) in [7, 11) is 0. The topological polar surface area (TPSA) is 38.9 Å². The van der Waals surface area contributed by atoms with Crippen molar-refractivity contribution in [3.63, 3.8) is 0 Å². The molecule has 3 rings (SSSR count). The minimum absolute atomic E-state index is 0.453. The summed E-state index contributed by atoms with van der Waals surface area (Å²) in [6.07, 6.45) is 0. The van der Waals surface area contributed by atoms with Crippen LogP contribution >= 0.6 is 22.9 Å². The number of nitrogens with zero attached hydrogens (tertiary/aromatic N) is 2. The zero-order chi connectivity index (χ0) is 11.8. The molecule has 0 spiro atoms. The van der Waals surface area contributed by atoms with Crippen LogP contribution in [0.1, 0.15) is 10.9 Å². The molecule has 3 aromatic rings. The van der Waals surface area contributed by atoms with Gasteiger partial charge in [0.25, 0.3) is 0 Å². The molecule has 0 saturated carbocycles. The van der Waals surface area contributed by atoms with Gasteiger partial charge in [-0.1, -0.05) is 6.07 Å². The Hall–Kier alpha value is -1.39. The standard InChI is InChI=1S/C12H9ClN2OS/c1-7-14-9-3-2-8(4-11(9)16-7)10-6-17-12(5-13)15-10/h2-4,6H,5H2,1H3. The van der Waals surface area contributed by atoms with E-state index < -0.39 is 0 Å². The number of oxazole rings is 1. The summed E-state index contributed by atoms with van der Waals surface area (Å²) in [5.74, 6) is 1.13. The Kier molecular flexibility index (Phi) is 2.61. The minimum atomic E-state index is 0.453. The van der Waals surface area contributed by atoms with Crippen molar-refractivity contribution < 1.29 is 4.42 Å². The minimum Gasteiger partial charge on any atom is -0.441 e. The van der Waals surface area contributed by atoms with Gasteiger partial charge in [0.05, 0.1) is 11.6 Å². The summed E-state index contributed by atoms with van der Waals surface area (Å²) in [5.41, 5.74) is 3.63. The number of aryl methyl sites for hydroxylation is 1. The van der Waals surface area contributed by atoms with Crippen molar-refractivity contribution in [3.05, 3.63) is 34.5 Å². The number of thiazole rings is 1. The van der Waals surface area contributed by atoms with Gasteiger partial charge < -0.3 is 4.42 Å². The molecule has 0 fully saturated rings. The van der Waals surface area contributed by atoms with E-state index in [1.165, 1.54) is 0 Å². The lowest BCUT2D eigenvalue weighted by atomic mass is 10.1. The third-order valence-corrected chi connectivity index (χ3v) is 3.72. The molecule has 86 valence electrons. The zero-order valence-electron chi connectivity index (χ0n) is 9.11. The van der Waals surface area contributed by atoms with Crippen molar-refractivity contribution in [2.24, 2.45) is 0 Å². The van der Waals surface area contributed by atoms with Gasteiger partial charge in [0.15, 0.2) is 11.5 Å². The molecule has 1 aromatic carbocycles. The highest BCUT2D eigenvalue weighted by atomic mass is 35.5. The van der Waals surface area contributed by atoms with Crippen LogP contribution in [0.4, 0.5) is 0 Å². The van der Waals surface area contributed by atoms with Crippen molar-refractivity contribution >= 4 is 34.0 Å². The molecule has 17 heavy (non-hydrogen) atoms. The largest absolute Gasteiger partial charge is 0.441 e. The molecule has 0 bridgehead atoms. The third kappa shape index (κ3) is 1.94. The van der Waals surface area contributed by atoms with Gasteiger partial charge in [0.1, 0.15) is 10.5 Å². The highest BCUT2D eigenvalue weighted by Gasteiger charge is 2.07. The molecule has 0 aliphatic rings. The van der Waals surface area contributed by atoms with E-state index in [0.29, 0.717) is 11.8 Å². The number of hydrogen-bond donors (Lipinski definition) is 0. The highest BCUT2D eigenvalue weighted by molar-refractivity contribution is 7.10. The molecule has 0 saturated heterocycles. The predicted octanol–water partition coefficient (Wildman–Crippen LogP) is 4.00. The smallest absolute Gasteiger partial charge is 0.192 e. The average molecular weight is 265 g/mol. The zero-order valence-corrected chi connectivity index (χ0v) is 10.7. The molecule has 0 N–H and O–H groups in total. The first-order chi connectivity index (χ1) is 8.26. The van der Waals surface area contributed by atoms with Gasteiger partial charge in [-0.3, -0.25) is 0 Å². The molecule has 0 aliphatic heterocycles. The van der Waals surface area contributed by atoms with Crippen LogP contribution in [0.2, 0.25) is 0 Å². The van der Waals surface area contributed by atoms with E-state index in [-0.39, 0.29) is 0 Å². The summed E-state index contributed by atoms with van der Waals surface area (Å²) in [5, 5.41) is 2.93. The number of halogens is 1. The summed E-state index contributed by atoms with van der Waals surface area (Å²) in [4.78, 5) is 8.70. The Labute approximate surface area is 107 Å². The molecule has 0 atom stereocenters. The maximum atomic E-state index is 5.75. The second kappa shape index (κ2) is 4.13. The van der Waals surface area contributed by atoms with Gasteiger partial charge in [-0.05, 0) is 12.1 Å². The van der Waals surface area contributed by atoms with Crippen molar-refractivity contribution in [3.8, 4) is 11.3 Å². The van der Waals surface area contributed by atoms with E-state index >= 15 is 0 Å². The molecule has 5 heteroatoms. The number of benzene rings is 1. The first-order valence-electron chi connectivity index (χ1n) is 5.14. The number of hydrogen-bond acceptors (Lipinski definition) is 4. The van der Waals surface area contributed by atoms with Crippen molar-refractivity contribution in [1.29, 1.82) is 0 Å². The Morgan fingerprint density at radius 2 is 2.24 bits per heavy atom. The Balaban J connectivity index is 2.10. The Morgan fingerprint density at radius 3 is 3.00 bits per heavy atom. The normalized spacial score (nSPS) is 11.2. The van der Waals surface area contributed by atoms with Crippen molar-refractivity contribution in [1.82, 2.24) is 9.97 Å². The van der Waals surface area contributed by atoms with Gasteiger partial charge in [-0.2, -0.15) is 0 Å². The number of alkyl halides is 1. The highest BCUT2D eigenvalue weighted by Crippen LogP contribution is 2.26. The van der Waals surface area contributed by atoms with E-state index in [9.17, 15) is 0 Å². The fourth-order valence-electron chi connectivity index (χ4n) is 1.70. The first kappa shape index (κ1) is 10.7.